The van der Waals surface area contributed by atoms with Gasteiger partial charge in [0.25, 0.3) is 0 Å². The van der Waals surface area contributed by atoms with Crippen LogP contribution in [-0.4, -0.2) is 14.2 Å². The van der Waals surface area contributed by atoms with Crippen LogP contribution in [0.1, 0.15) is 16.7 Å². The summed E-state index contributed by atoms with van der Waals surface area (Å²) in [4.78, 5) is 0. The Balaban J connectivity index is 2.59. The average molecular weight is 290 g/mol. The Kier molecular flexibility index (Phi) is 4.69. The van der Waals surface area contributed by atoms with Crippen LogP contribution in [0.15, 0.2) is 30.3 Å². The standard InChI is InChI=1S/C17H20ClNO/c1-11-7-12(2)17(16(8-11)20-4)13-5-6-15(18)14(9-13)10-19-3/h5-9,19H,10H2,1-4H3. The molecule has 1 N–H and O–H groups in total. The first-order valence-electron chi connectivity index (χ1n) is 6.65. The third kappa shape index (κ3) is 2.97. The molecule has 0 amide bonds. The highest BCUT2D eigenvalue weighted by atomic mass is 35.5. The Morgan fingerprint density at radius 2 is 1.90 bits per heavy atom. The van der Waals surface area contributed by atoms with E-state index < -0.39 is 0 Å². The first kappa shape index (κ1) is 14.9. The van der Waals surface area contributed by atoms with Crippen molar-refractivity contribution < 1.29 is 4.74 Å². The molecule has 2 rings (SSSR count). The molecule has 0 fully saturated rings. The Labute approximate surface area is 125 Å². The summed E-state index contributed by atoms with van der Waals surface area (Å²) in [5.41, 5.74) is 5.77. The van der Waals surface area contributed by atoms with Crippen LogP contribution in [0.4, 0.5) is 0 Å². The zero-order valence-corrected chi connectivity index (χ0v) is 13.1. The Bertz CT molecular complexity index is 623. The Morgan fingerprint density at radius 1 is 1.15 bits per heavy atom. The summed E-state index contributed by atoms with van der Waals surface area (Å²) in [6.45, 7) is 4.94. The van der Waals surface area contributed by atoms with Crippen LogP contribution >= 0.6 is 11.6 Å². The molecule has 2 aromatic carbocycles. The fraction of sp³-hybridized carbons (Fsp3) is 0.294. The molecule has 0 radical (unpaired) electrons. The van der Waals surface area contributed by atoms with E-state index >= 15 is 0 Å². The van der Waals surface area contributed by atoms with Crippen LogP contribution in [0.5, 0.6) is 5.75 Å². The summed E-state index contributed by atoms with van der Waals surface area (Å²) in [5, 5.41) is 3.92. The molecule has 0 aliphatic rings. The number of aryl methyl sites for hydroxylation is 2. The molecule has 0 aromatic heterocycles. The molecule has 0 aliphatic carbocycles. The maximum atomic E-state index is 6.23. The van der Waals surface area contributed by atoms with Gasteiger partial charge in [0.15, 0.2) is 0 Å². The Hall–Kier alpha value is -1.51. The van der Waals surface area contributed by atoms with Crippen LogP contribution in [0.2, 0.25) is 5.02 Å². The van der Waals surface area contributed by atoms with Crippen molar-refractivity contribution in [2.75, 3.05) is 14.2 Å². The molecule has 0 bridgehead atoms. The predicted molar refractivity (Wildman–Crippen MR) is 85.7 cm³/mol. The number of nitrogens with one attached hydrogen (secondary N) is 1. The molecule has 20 heavy (non-hydrogen) atoms. The summed E-state index contributed by atoms with van der Waals surface area (Å²) in [6.07, 6.45) is 0. The molecule has 0 unspecified atom stereocenters. The van der Waals surface area contributed by atoms with Gasteiger partial charge in [-0.2, -0.15) is 0 Å². The number of rotatable bonds is 4. The molecule has 0 aliphatic heterocycles. The van der Waals surface area contributed by atoms with Crippen LogP contribution < -0.4 is 10.1 Å². The molecule has 0 saturated heterocycles. The molecule has 0 heterocycles. The minimum atomic E-state index is 0.750. The fourth-order valence-electron chi connectivity index (χ4n) is 2.52. The van der Waals surface area contributed by atoms with Crippen molar-refractivity contribution in [3.8, 4) is 16.9 Å². The zero-order valence-electron chi connectivity index (χ0n) is 12.4. The number of benzene rings is 2. The van der Waals surface area contributed by atoms with Gasteiger partial charge >= 0.3 is 0 Å². The third-order valence-corrected chi connectivity index (χ3v) is 3.73. The molecule has 0 atom stereocenters. The SMILES string of the molecule is CNCc1cc(-c2c(C)cc(C)cc2OC)ccc1Cl. The summed E-state index contributed by atoms with van der Waals surface area (Å²) >= 11 is 6.23. The lowest BCUT2D eigenvalue weighted by molar-refractivity contribution is 0.416. The largest absolute Gasteiger partial charge is 0.496 e. The van der Waals surface area contributed by atoms with Gasteiger partial charge in [-0.05, 0) is 61.3 Å². The maximum Gasteiger partial charge on any atom is 0.127 e. The number of halogens is 1. The van der Waals surface area contributed by atoms with Crippen LogP contribution in [0.3, 0.4) is 0 Å². The summed E-state index contributed by atoms with van der Waals surface area (Å²) in [5.74, 6) is 0.903. The highest BCUT2D eigenvalue weighted by molar-refractivity contribution is 6.31. The molecule has 3 heteroatoms. The lowest BCUT2D eigenvalue weighted by Gasteiger charge is -2.15. The van der Waals surface area contributed by atoms with Gasteiger partial charge in [-0.25, -0.2) is 0 Å². The zero-order chi connectivity index (χ0) is 14.7. The predicted octanol–water partition coefficient (Wildman–Crippen LogP) is 4.35. The van der Waals surface area contributed by atoms with E-state index in [2.05, 4.69) is 37.4 Å². The van der Waals surface area contributed by atoms with Crippen molar-refractivity contribution in [1.82, 2.24) is 5.32 Å². The molecular formula is C17H20ClNO. The van der Waals surface area contributed by atoms with Gasteiger partial charge in [0.1, 0.15) is 5.75 Å². The molecule has 2 aromatic rings. The lowest BCUT2D eigenvalue weighted by atomic mass is 9.96. The Morgan fingerprint density at radius 3 is 2.55 bits per heavy atom. The molecular weight excluding hydrogens is 270 g/mol. The van der Waals surface area contributed by atoms with Gasteiger partial charge in [0, 0.05) is 17.1 Å². The maximum absolute atomic E-state index is 6.23. The van der Waals surface area contributed by atoms with Crippen molar-refractivity contribution in [3.63, 3.8) is 0 Å². The second kappa shape index (κ2) is 6.29. The smallest absolute Gasteiger partial charge is 0.127 e. The number of ether oxygens (including phenoxy) is 1. The van der Waals surface area contributed by atoms with E-state index in [1.807, 2.05) is 19.2 Å². The van der Waals surface area contributed by atoms with Crippen molar-refractivity contribution in [3.05, 3.63) is 52.0 Å². The summed E-state index contributed by atoms with van der Waals surface area (Å²) < 4.78 is 5.54. The first-order chi connectivity index (χ1) is 9.56. The minimum Gasteiger partial charge on any atom is -0.496 e. The van der Waals surface area contributed by atoms with Gasteiger partial charge < -0.3 is 10.1 Å². The highest BCUT2D eigenvalue weighted by Crippen LogP contribution is 2.35. The van der Waals surface area contributed by atoms with E-state index in [4.69, 9.17) is 16.3 Å². The average Bonchev–Trinajstić information content (AvgIpc) is 2.41. The molecule has 2 nitrogen and oxygen atoms in total. The van der Waals surface area contributed by atoms with Crippen molar-refractivity contribution in [2.45, 2.75) is 20.4 Å². The summed E-state index contributed by atoms with van der Waals surface area (Å²) in [6, 6.07) is 10.3. The van der Waals surface area contributed by atoms with E-state index in [1.54, 1.807) is 7.11 Å². The monoisotopic (exact) mass is 289 g/mol. The second-order valence-corrected chi connectivity index (χ2v) is 5.40. The number of hydrogen-bond acceptors (Lipinski definition) is 2. The van der Waals surface area contributed by atoms with Crippen molar-refractivity contribution in [1.29, 1.82) is 0 Å². The van der Waals surface area contributed by atoms with Gasteiger partial charge in [-0.1, -0.05) is 23.7 Å². The van der Waals surface area contributed by atoms with Crippen LogP contribution in [0, 0.1) is 13.8 Å². The first-order valence-corrected chi connectivity index (χ1v) is 7.03. The quantitative estimate of drug-likeness (QED) is 0.903. The van der Waals surface area contributed by atoms with E-state index in [0.29, 0.717) is 0 Å². The molecule has 0 spiro atoms. The lowest BCUT2D eigenvalue weighted by Crippen LogP contribution is -2.05. The normalized spacial score (nSPS) is 10.7. The second-order valence-electron chi connectivity index (χ2n) is 5.00. The minimum absolute atomic E-state index is 0.750. The van der Waals surface area contributed by atoms with E-state index in [9.17, 15) is 0 Å². The van der Waals surface area contributed by atoms with Crippen molar-refractivity contribution in [2.24, 2.45) is 0 Å². The van der Waals surface area contributed by atoms with Crippen molar-refractivity contribution >= 4 is 11.6 Å². The topological polar surface area (TPSA) is 21.3 Å². The molecule has 0 saturated carbocycles. The number of methoxy groups -OCH3 is 1. The van der Waals surface area contributed by atoms with E-state index in [1.165, 1.54) is 11.1 Å². The fourth-order valence-corrected chi connectivity index (χ4v) is 2.70. The third-order valence-electron chi connectivity index (χ3n) is 3.37. The van der Waals surface area contributed by atoms with E-state index in [-0.39, 0.29) is 0 Å². The van der Waals surface area contributed by atoms with Gasteiger partial charge in [0.05, 0.1) is 7.11 Å². The van der Waals surface area contributed by atoms with Crippen LogP contribution in [0.25, 0.3) is 11.1 Å². The summed E-state index contributed by atoms with van der Waals surface area (Å²) in [7, 11) is 3.63. The van der Waals surface area contributed by atoms with Crippen LogP contribution in [-0.2, 0) is 6.54 Å². The van der Waals surface area contributed by atoms with Gasteiger partial charge in [-0.3, -0.25) is 0 Å². The molecule has 106 valence electrons. The number of hydrogen-bond donors (Lipinski definition) is 1. The van der Waals surface area contributed by atoms with Gasteiger partial charge in [0.2, 0.25) is 0 Å². The van der Waals surface area contributed by atoms with E-state index in [0.717, 1.165) is 34.0 Å². The highest BCUT2D eigenvalue weighted by Gasteiger charge is 2.12. The van der Waals surface area contributed by atoms with Gasteiger partial charge in [-0.15, -0.1) is 0 Å².